The van der Waals surface area contributed by atoms with Crippen LogP contribution in [0.1, 0.15) is 24.1 Å². The van der Waals surface area contributed by atoms with Gasteiger partial charge in [0.15, 0.2) is 0 Å². The van der Waals surface area contributed by atoms with Crippen LogP contribution in [0, 0.1) is 0 Å². The molecule has 4 heteroatoms. The van der Waals surface area contributed by atoms with Gasteiger partial charge in [-0.3, -0.25) is 4.68 Å². The van der Waals surface area contributed by atoms with Crippen molar-refractivity contribution in [1.29, 1.82) is 0 Å². The molecule has 4 nitrogen and oxygen atoms in total. The molecule has 15 heavy (non-hydrogen) atoms. The van der Waals surface area contributed by atoms with Gasteiger partial charge in [0.05, 0.1) is 18.7 Å². The molecule has 0 bridgehead atoms. The average molecular weight is 205 g/mol. The van der Waals surface area contributed by atoms with Crippen molar-refractivity contribution in [1.82, 2.24) is 15.1 Å². The second-order valence-corrected chi connectivity index (χ2v) is 3.68. The van der Waals surface area contributed by atoms with Crippen LogP contribution < -0.4 is 5.32 Å². The Morgan fingerprint density at radius 2 is 2.47 bits per heavy atom. The standard InChI is InChI=1S/C11H15N3O/c1-9(11-3-4-15-8-11)12-5-10-6-13-14(2)7-10/h3-4,6-9,12H,5H2,1-2H3. The fourth-order valence-electron chi connectivity index (χ4n) is 1.47. The Kier molecular flexibility index (Phi) is 2.87. The molecule has 80 valence electrons. The van der Waals surface area contributed by atoms with Gasteiger partial charge < -0.3 is 9.73 Å². The first kappa shape index (κ1) is 9.98. The highest BCUT2D eigenvalue weighted by Gasteiger charge is 2.06. The van der Waals surface area contributed by atoms with E-state index in [4.69, 9.17) is 4.42 Å². The summed E-state index contributed by atoms with van der Waals surface area (Å²) in [6, 6.07) is 2.27. The molecule has 2 aromatic rings. The number of aryl methyl sites for hydroxylation is 1. The summed E-state index contributed by atoms with van der Waals surface area (Å²) in [6.07, 6.45) is 7.34. The SMILES string of the molecule is CC(NCc1cnn(C)c1)c1ccoc1. The van der Waals surface area contributed by atoms with Crippen LogP contribution in [0.4, 0.5) is 0 Å². The summed E-state index contributed by atoms with van der Waals surface area (Å²) in [6.45, 7) is 2.93. The summed E-state index contributed by atoms with van der Waals surface area (Å²) in [7, 11) is 1.92. The molecule has 0 aliphatic carbocycles. The van der Waals surface area contributed by atoms with Crippen molar-refractivity contribution in [2.24, 2.45) is 7.05 Å². The predicted octanol–water partition coefficient (Wildman–Crippen LogP) is 1.86. The summed E-state index contributed by atoms with van der Waals surface area (Å²) >= 11 is 0. The maximum Gasteiger partial charge on any atom is 0.0950 e. The van der Waals surface area contributed by atoms with Gasteiger partial charge in [0, 0.05) is 37.0 Å². The van der Waals surface area contributed by atoms with Gasteiger partial charge in [-0.15, -0.1) is 0 Å². The fourth-order valence-corrected chi connectivity index (χ4v) is 1.47. The van der Waals surface area contributed by atoms with E-state index < -0.39 is 0 Å². The zero-order chi connectivity index (χ0) is 10.7. The summed E-state index contributed by atoms with van der Waals surface area (Å²) < 4.78 is 6.84. The lowest BCUT2D eigenvalue weighted by Gasteiger charge is -2.10. The first-order valence-corrected chi connectivity index (χ1v) is 4.98. The molecule has 0 aromatic carbocycles. The van der Waals surface area contributed by atoms with E-state index in [1.165, 1.54) is 11.1 Å². The van der Waals surface area contributed by atoms with Crippen molar-refractivity contribution in [2.75, 3.05) is 0 Å². The van der Waals surface area contributed by atoms with E-state index in [9.17, 15) is 0 Å². The van der Waals surface area contributed by atoms with Crippen LogP contribution in [0.15, 0.2) is 35.4 Å². The van der Waals surface area contributed by atoms with Crippen LogP contribution in [0.5, 0.6) is 0 Å². The molecule has 0 fully saturated rings. The van der Waals surface area contributed by atoms with E-state index >= 15 is 0 Å². The quantitative estimate of drug-likeness (QED) is 0.828. The van der Waals surface area contributed by atoms with E-state index in [-0.39, 0.29) is 0 Å². The third-order valence-electron chi connectivity index (χ3n) is 2.41. The van der Waals surface area contributed by atoms with Crippen molar-refractivity contribution < 1.29 is 4.42 Å². The van der Waals surface area contributed by atoms with Gasteiger partial charge in [-0.05, 0) is 13.0 Å². The molecule has 1 N–H and O–H groups in total. The Morgan fingerprint density at radius 1 is 1.60 bits per heavy atom. The van der Waals surface area contributed by atoms with Crippen LogP contribution in [0.3, 0.4) is 0 Å². The summed E-state index contributed by atoms with van der Waals surface area (Å²) in [5.74, 6) is 0. The van der Waals surface area contributed by atoms with Crippen molar-refractivity contribution in [3.8, 4) is 0 Å². The van der Waals surface area contributed by atoms with Crippen LogP contribution in [0.2, 0.25) is 0 Å². The number of hydrogen-bond donors (Lipinski definition) is 1. The van der Waals surface area contributed by atoms with Crippen LogP contribution in [0.25, 0.3) is 0 Å². The van der Waals surface area contributed by atoms with Gasteiger partial charge in [-0.1, -0.05) is 0 Å². The lowest BCUT2D eigenvalue weighted by atomic mass is 10.2. The third-order valence-corrected chi connectivity index (χ3v) is 2.41. The van der Waals surface area contributed by atoms with E-state index in [1.54, 1.807) is 17.2 Å². The largest absolute Gasteiger partial charge is 0.472 e. The molecule has 0 saturated carbocycles. The minimum absolute atomic E-state index is 0.295. The smallest absolute Gasteiger partial charge is 0.0950 e. The van der Waals surface area contributed by atoms with Crippen molar-refractivity contribution in [3.05, 3.63) is 42.1 Å². The minimum atomic E-state index is 0.295. The number of nitrogens with one attached hydrogen (secondary N) is 1. The molecule has 2 rings (SSSR count). The highest BCUT2D eigenvalue weighted by molar-refractivity contribution is 5.11. The van der Waals surface area contributed by atoms with Gasteiger partial charge in [0.1, 0.15) is 0 Å². The molecule has 0 aliphatic rings. The highest BCUT2D eigenvalue weighted by atomic mass is 16.3. The van der Waals surface area contributed by atoms with Crippen molar-refractivity contribution in [3.63, 3.8) is 0 Å². The van der Waals surface area contributed by atoms with Gasteiger partial charge in [0.2, 0.25) is 0 Å². The van der Waals surface area contributed by atoms with Crippen LogP contribution in [-0.4, -0.2) is 9.78 Å². The average Bonchev–Trinajstić information content (AvgIpc) is 2.84. The van der Waals surface area contributed by atoms with Gasteiger partial charge in [0.25, 0.3) is 0 Å². The maximum atomic E-state index is 5.04. The van der Waals surface area contributed by atoms with E-state index in [2.05, 4.69) is 17.3 Å². The van der Waals surface area contributed by atoms with Crippen molar-refractivity contribution in [2.45, 2.75) is 19.5 Å². The number of hydrogen-bond acceptors (Lipinski definition) is 3. The molecule has 0 radical (unpaired) electrons. The number of aromatic nitrogens is 2. The highest BCUT2D eigenvalue weighted by Crippen LogP contribution is 2.12. The molecular formula is C11H15N3O. The normalized spacial score (nSPS) is 12.9. The fraction of sp³-hybridized carbons (Fsp3) is 0.364. The molecular weight excluding hydrogens is 190 g/mol. The maximum absolute atomic E-state index is 5.04. The summed E-state index contributed by atoms with van der Waals surface area (Å²) in [4.78, 5) is 0. The van der Waals surface area contributed by atoms with Crippen LogP contribution in [-0.2, 0) is 13.6 Å². The second kappa shape index (κ2) is 4.31. The topological polar surface area (TPSA) is 43.0 Å². The number of furan rings is 1. The second-order valence-electron chi connectivity index (χ2n) is 3.68. The first-order valence-electron chi connectivity index (χ1n) is 4.98. The Bertz CT molecular complexity index is 405. The summed E-state index contributed by atoms with van der Waals surface area (Å²) in [5.41, 5.74) is 2.35. The van der Waals surface area contributed by atoms with E-state index in [0.717, 1.165) is 6.54 Å². The molecule has 2 heterocycles. The molecule has 0 saturated heterocycles. The van der Waals surface area contributed by atoms with Crippen molar-refractivity contribution >= 4 is 0 Å². The number of nitrogens with zero attached hydrogens (tertiary/aromatic N) is 2. The third kappa shape index (κ3) is 2.47. The predicted molar refractivity (Wildman–Crippen MR) is 57.2 cm³/mol. The molecule has 0 amide bonds. The Labute approximate surface area is 88.9 Å². The summed E-state index contributed by atoms with van der Waals surface area (Å²) in [5, 5.41) is 7.52. The molecule has 2 aromatic heterocycles. The van der Waals surface area contributed by atoms with E-state index in [1.807, 2.05) is 25.5 Å². The lowest BCUT2D eigenvalue weighted by molar-refractivity contribution is 0.538. The van der Waals surface area contributed by atoms with E-state index in [0.29, 0.717) is 6.04 Å². The first-order chi connectivity index (χ1) is 7.25. The monoisotopic (exact) mass is 205 g/mol. The van der Waals surface area contributed by atoms with Gasteiger partial charge in [-0.2, -0.15) is 5.10 Å². The molecule has 1 atom stereocenters. The zero-order valence-electron chi connectivity index (χ0n) is 8.97. The van der Waals surface area contributed by atoms with Gasteiger partial charge in [-0.25, -0.2) is 0 Å². The lowest BCUT2D eigenvalue weighted by Crippen LogP contribution is -2.17. The Balaban J connectivity index is 1.88. The van der Waals surface area contributed by atoms with Gasteiger partial charge >= 0.3 is 0 Å². The minimum Gasteiger partial charge on any atom is -0.472 e. The zero-order valence-corrected chi connectivity index (χ0v) is 8.97. The molecule has 1 unspecified atom stereocenters. The number of rotatable bonds is 4. The Hall–Kier alpha value is -1.55. The molecule has 0 aliphatic heterocycles. The Morgan fingerprint density at radius 3 is 3.07 bits per heavy atom. The van der Waals surface area contributed by atoms with Crippen LogP contribution >= 0.6 is 0 Å². The molecule has 0 spiro atoms.